The van der Waals surface area contributed by atoms with E-state index >= 15 is 0 Å². The average Bonchev–Trinajstić information content (AvgIpc) is 3.10. The highest BCUT2D eigenvalue weighted by atomic mass is 16.5. The van der Waals surface area contributed by atoms with E-state index in [2.05, 4.69) is 10.3 Å². The number of aliphatic hydroxyl groups excluding tert-OH is 1. The summed E-state index contributed by atoms with van der Waals surface area (Å²) in [6.07, 6.45) is 3.31. The number of carbonyl (C=O) groups is 1. The van der Waals surface area contributed by atoms with Gasteiger partial charge in [-0.15, -0.1) is 0 Å². The molecule has 8 heteroatoms. The summed E-state index contributed by atoms with van der Waals surface area (Å²) in [4.78, 5) is 18.4. The number of nitrogens with one attached hydrogen (secondary N) is 1. The first kappa shape index (κ1) is 18.9. The fourth-order valence-corrected chi connectivity index (χ4v) is 3.48. The summed E-state index contributed by atoms with van der Waals surface area (Å²) in [5.41, 5.74) is 13.5. The maximum atomic E-state index is 12.1. The number of primary amides is 1. The molecule has 0 saturated carbocycles. The monoisotopic (exact) mass is 371 g/mol. The summed E-state index contributed by atoms with van der Waals surface area (Å²) in [7, 11) is 1.79. The number of hydrogen-bond acceptors (Lipinski definition) is 7. The van der Waals surface area contributed by atoms with Crippen molar-refractivity contribution < 1.29 is 14.6 Å². The molecule has 2 atom stereocenters. The summed E-state index contributed by atoms with van der Waals surface area (Å²) < 4.78 is 5.88. The maximum Gasteiger partial charge on any atom is 0.241 e. The number of likely N-dealkylation sites (tertiary alicyclic amines) is 1. The number of rotatable bonds is 7. The van der Waals surface area contributed by atoms with Crippen molar-refractivity contribution in [1.29, 1.82) is 0 Å². The number of hydrogen-bond donors (Lipinski definition) is 4. The van der Waals surface area contributed by atoms with E-state index in [9.17, 15) is 9.90 Å². The van der Waals surface area contributed by atoms with Crippen LogP contribution in [0.3, 0.4) is 0 Å². The number of nitrogen functional groups attached to an aromatic ring is 1. The van der Waals surface area contributed by atoms with Gasteiger partial charge < -0.3 is 26.6 Å². The van der Waals surface area contributed by atoms with Gasteiger partial charge in [-0.2, -0.15) is 0 Å². The third-order valence-electron chi connectivity index (χ3n) is 4.80. The molecule has 0 aliphatic carbocycles. The molecule has 0 spiro atoms. The molecule has 2 heterocycles. The van der Waals surface area contributed by atoms with Crippen molar-refractivity contribution >= 4 is 17.3 Å². The molecule has 1 aliphatic heterocycles. The molecule has 6 N–H and O–H groups in total. The van der Waals surface area contributed by atoms with Gasteiger partial charge in [-0.3, -0.25) is 14.7 Å². The highest BCUT2D eigenvalue weighted by Gasteiger charge is 2.35. The predicted molar refractivity (Wildman–Crippen MR) is 103 cm³/mol. The van der Waals surface area contributed by atoms with Gasteiger partial charge in [0.15, 0.2) is 0 Å². The second-order valence-electron chi connectivity index (χ2n) is 6.54. The van der Waals surface area contributed by atoms with Gasteiger partial charge in [0.1, 0.15) is 17.5 Å². The van der Waals surface area contributed by atoms with E-state index in [0.29, 0.717) is 29.4 Å². The Labute approximate surface area is 158 Å². The molecule has 8 nitrogen and oxygen atoms in total. The molecule has 1 aromatic carbocycles. The van der Waals surface area contributed by atoms with E-state index in [1.807, 2.05) is 11.0 Å². The Morgan fingerprint density at radius 1 is 1.41 bits per heavy atom. The quantitative estimate of drug-likeness (QED) is 0.543. The first-order valence-corrected chi connectivity index (χ1v) is 8.90. The highest BCUT2D eigenvalue weighted by Crippen LogP contribution is 2.32. The minimum absolute atomic E-state index is 0.0168. The number of amides is 1. The number of anilines is 2. The van der Waals surface area contributed by atoms with E-state index in [0.717, 1.165) is 18.5 Å². The number of pyridine rings is 1. The number of ether oxygens (including phenoxy) is 1. The summed E-state index contributed by atoms with van der Waals surface area (Å²) in [5, 5.41) is 12.6. The molecule has 1 aromatic heterocycles. The number of nitrogens with two attached hydrogens (primary N) is 2. The molecule has 3 rings (SSSR count). The molecule has 1 aliphatic rings. The summed E-state index contributed by atoms with van der Waals surface area (Å²) >= 11 is 0. The fourth-order valence-electron chi connectivity index (χ4n) is 3.48. The zero-order valence-corrected chi connectivity index (χ0v) is 15.3. The third kappa shape index (κ3) is 4.12. The van der Waals surface area contributed by atoms with E-state index in [1.54, 1.807) is 37.5 Å². The van der Waals surface area contributed by atoms with Crippen LogP contribution in [0.1, 0.15) is 24.6 Å². The Kier molecular flexibility index (Phi) is 5.78. The topological polar surface area (TPSA) is 127 Å². The van der Waals surface area contributed by atoms with Gasteiger partial charge in [-0.1, -0.05) is 0 Å². The van der Waals surface area contributed by atoms with E-state index in [-0.39, 0.29) is 12.6 Å². The Hall–Kier alpha value is -2.84. The molecule has 1 amide bonds. The van der Waals surface area contributed by atoms with Crippen molar-refractivity contribution in [1.82, 2.24) is 9.88 Å². The molecule has 144 valence electrons. The van der Waals surface area contributed by atoms with Gasteiger partial charge in [0.2, 0.25) is 5.91 Å². The Morgan fingerprint density at radius 3 is 2.85 bits per heavy atom. The van der Waals surface area contributed by atoms with Crippen molar-refractivity contribution in [2.75, 3.05) is 31.2 Å². The van der Waals surface area contributed by atoms with Crippen LogP contribution in [0.5, 0.6) is 11.5 Å². The van der Waals surface area contributed by atoms with Crippen molar-refractivity contribution in [2.45, 2.75) is 24.9 Å². The van der Waals surface area contributed by atoms with E-state index < -0.39 is 11.9 Å². The Bertz CT molecular complexity index is 814. The normalized spacial score (nSPS) is 18.2. The molecule has 2 unspecified atom stereocenters. The molecule has 0 bridgehead atoms. The fraction of sp³-hybridized carbons (Fsp3) is 0.368. The van der Waals surface area contributed by atoms with Crippen LogP contribution in [0, 0.1) is 0 Å². The van der Waals surface area contributed by atoms with Crippen molar-refractivity contribution in [3.63, 3.8) is 0 Å². The lowest BCUT2D eigenvalue weighted by Crippen LogP contribution is -2.42. The minimum atomic E-state index is -0.704. The van der Waals surface area contributed by atoms with Crippen molar-refractivity contribution in [2.24, 2.45) is 5.73 Å². The molecule has 1 saturated heterocycles. The summed E-state index contributed by atoms with van der Waals surface area (Å²) in [6, 6.07) is 7.96. The third-order valence-corrected chi connectivity index (χ3v) is 4.80. The number of carbonyl (C=O) groups excluding carboxylic acids is 1. The zero-order chi connectivity index (χ0) is 19.4. The molecule has 0 radical (unpaired) electrons. The Balaban J connectivity index is 1.85. The Morgan fingerprint density at radius 2 is 2.19 bits per heavy atom. The number of nitrogens with zero attached hydrogens (tertiary/aromatic N) is 2. The highest BCUT2D eigenvalue weighted by molar-refractivity contribution is 5.81. The van der Waals surface area contributed by atoms with Crippen molar-refractivity contribution in [3.8, 4) is 11.5 Å². The molecular weight excluding hydrogens is 346 g/mol. The first-order chi connectivity index (χ1) is 13.0. The number of benzene rings is 1. The first-order valence-electron chi connectivity index (χ1n) is 8.90. The predicted octanol–water partition coefficient (Wildman–Crippen LogP) is 1.48. The van der Waals surface area contributed by atoms with Crippen LogP contribution in [0.4, 0.5) is 11.4 Å². The van der Waals surface area contributed by atoms with Gasteiger partial charge in [-0.05, 0) is 37.6 Å². The summed E-state index contributed by atoms with van der Waals surface area (Å²) in [6.45, 7) is 0.671. The van der Waals surface area contributed by atoms with Crippen LogP contribution in [-0.4, -0.2) is 47.1 Å². The van der Waals surface area contributed by atoms with Gasteiger partial charge in [0.05, 0.1) is 23.7 Å². The van der Waals surface area contributed by atoms with E-state index in [1.165, 1.54) is 0 Å². The van der Waals surface area contributed by atoms with Crippen LogP contribution in [0.15, 0.2) is 36.5 Å². The van der Waals surface area contributed by atoms with Crippen LogP contribution < -0.4 is 21.5 Å². The van der Waals surface area contributed by atoms with Crippen LogP contribution in [0.2, 0.25) is 0 Å². The number of aromatic nitrogens is 1. The second kappa shape index (κ2) is 8.24. The largest absolute Gasteiger partial charge is 0.457 e. The SMILES string of the molecule is CNc1ccc(Oc2ccnc(C(C(N)=O)N3CCCC3CO)c2)cc1N. The minimum Gasteiger partial charge on any atom is -0.457 e. The molecule has 1 fully saturated rings. The van der Waals surface area contributed by atoms with E-state index in [4.69, 9.17) is 16.2 Å². The van der Waals surface area contributed by atoms with Crippen LogP contribution in [0.25, 0.3) is 0 Å². The van der Waals surface area contributed by atoms with Crippen LogP contribution in [-0.2, 0) is 4.79 Å². The maximum absolute atomic E-state index is 12.1. The number of aliphatic hydroxyl groups is 1. The van der Waals surface area contributed by atoms with Gasteiger partial charge in [0, 0.05) is 31.4 Å². The standard InChI is InChI=1S/C19H25N5O3/c1-22-16-5-4-13(9-15(16)20)27-14-6-7-23-17(10-14)18(19(21)26)24-8-2-3-12(24)11-25/h4-7,9-10,12,18,22,25H,2-3,8,11,20H2,1H3,(H2,21,26). The lowest BCUT2D eigenvalue weighted by atomic mass is 10.1. The lowest BCUT2D eigenvalue weighted by Gasteiger charge is -2.29. The van der Waals surface area contributed by atoms with Crippen molar-refractivity contribution in [3.05, 3.63) is 42.2 Å². The zero-order valence-electron chi connectivity index (χ0n) is 15.3. The molecule has 2 aromatic rings. The lowest BCUT2D eigenvalue weighted by molar-refractivity contribution is -0.124. The second-order valence-corrected chi connectivity index (χ2v) is 6.54. The van der Waals surface area contributed by atoms with Crippen LogP contribution >= 0.6 is 0 Å². The smallest absolute Gasteiger partial charge is 0.241 e. The molecule has 27 heavy (non-hydrogen) atoms. The molecular formula is C19H25N5O3. The van der Waals surface area contributed by atoms with Gasteiger partial charge in [-0.25, -0.2) is 0 Å². The van der Waals surface area contributed by atoms with Gasteiger partial charge in [0.25, 0.3) is 0 Å². The van der Waals surface area contributed by atoms with Gasteiger partial charge >= 0.3 is 0 Å². The summed E-state index contributed by atoms with van der Waals surface area (Å²) in [5.74, 6) is 0.610. The average molecular weight is 371 g/mol.